The van der Waals surface area contributed by atoms with E-state index in [1.165, 1.54) is 11.1 Å². The van der Waals surface area contributed by atoms with Crippen molar-refractivity contribution in [1.82, 2.24) is 10.3 Å². The number of hydrogen-bond donors (Lipinski definition) is 1. The van der Waals surface area contributed by atoms with Crippen LogP contribution in [-0.2, 0) is 0 Å². The third-order valence-corrected chi connectivity index (χ3v) is 3.25. The highest BCUT2D eigenvalue weighted by Crippen LogP contribution is 2.25. The van der Waals surface area contributed by atoms with Crippen LogP contribution in [-0.4, -0.2) is 18.1 Å². The largest absolute Gasteiger partial charge is 0.492 e. The lowest BCUT2D eigenvalue weighted by Gasteiger charge is -2.14. The van der Waals surface area contributed by atoms with Crippen molar-refractivity contribution in [3.8, 4) is 16.9 Å². The van der Waals surface area contributed by atoms with Crippen LogP contribution in [0.15, 0.2) is 42.7 Å². The third kappa shape index (κ3) is 3.58. The Bertz CT molecular complexity index is 554. The van der Waals surface area contributed by atoms with Crippen molar-refractivity contribution in [2.75, 3.05) is 13.2 Å². The molecule has 0 saturated carbocycles. The molecule has 0 bridgehead atoms. The Morgan fingerprint density at radius 3 is 2.75 bits per heavy atom. The van der Waals surface area contributed by atoms with Crippen molar-refractivity contribution < 1.29 is 4.74 Å². The molecular formula is C17H22N2O. The third-order valence-electron chi connectivity index (χ3n) is 3.25. The highest BCUT2D eigenvalue weighted by atomic mass is 16.5. The minimum absolute atomic E-state index is 0.350. The molecule has 0 amide bonds. The van der Waals surface area contributed by atoms with E-state index < -0.39 is 0 Å². The summed E-state index contributed by atoms with van der Waals surface area (Å²) >= 11 is 0. The molecule has 1 N–H and O–H groups in total. The number of ether oxygens (including phenoxy) is 1. The number of nitrogens with zero attached hydrogens (tertiary/aromatic N) is 1. The van der Waals surface area contributed by atoms with Crippen molar-refractivity contribution in [3.05, 3.63) is 48.3 Å². The zero-order valence-electron chi connectivity index (χ0n) is 12.4. The minimum Gasteiger partial charge on any atom is -0.492 e. The molecule has 3 heteroatoms. The Labute approximate surface area is 121 Å². The molecule has 20 heavy (non-hydrogen) atoms. The van der Waals surface area contributed by atoms with Gasteiger partial charge in [-0.1, -0.05) is 25.1 Å². The lowest BCUT2D eigenvalue weighted by Crippen LogP contribution is -2.17. The van der Waals surface area contributed by atoms with Gasteiger partial charge in [0, 0.05) is 17.8 Å². The molecule has 2 aromatic rings. The van der Waals surface area contributed by atoms with Crippen LogP contribution >= 0.6 is 0 Å². The first-order valence-electron chi connectivity index (χ1n) is 7.16. The maximum absolute atomic E-state index is 5.51. The fourth-order valence-electron chi connectivity index (χ4n) is 2.23. The molecule has 0 aliphatic heterocycles. The number of rotatable bonds is 6. The van der Waals surface area contributed by atoms with Gasteiger partial charge in [-0.25, -0.2) is 0 Å². The number of benzene rings is 1. The number of nitrogens with one attached hydrogen (secondary N) is 1. The van der Waals surface area contributed by atoms with Gasteiger partial charge in [-0.15, -0.1) is 0 Å². The summed E-state index contributed by atoms with van der Waals surface area (Å²) in [5.41, 5.74) is 3.54. The van der Waals surface area contributed by atoms with Crippen LogP contribution < -0.4 is 10.1 Å². The van der Waals surface area contributed by atoms with Gasteiger partial charge in [0.15, 0.2) is 0 Å². The second-order valence-corrected chi connectivity index (χ2v) is 4.75. The zero-order chi connectivity index (χ0) is 14.4. The first-order valence-corrected chi connectivity index (χ1v) is 7.16. The molecule has 3 nitrogen and oxygen atoms in total. The van der Waals surface area contributed by atoms with Gasteiger partial charge in [0.1, 0.15) is 5.75 Å². The van der Waals surface area contributed by atoms with Gasteiger partial charge < -0.3 is 10.1 Å². The maximum Gasteiger partial charge on any atom is 0.138 e. The van der Waals surface area contributed by atoms with Crippen LogP contribution in [0.1, 0.15) is 32.4 Å². The molecule has 1 unspecified atom stereocenters. The molecule has 0 aliphatic carbocycles. The summed E-state index contributed by atoms with van der Waals surface area (Å²) < 4.78 is 5.51. The highest BCUT2D eigenvalue weighted by molar-refractivity contribution is 5.64. The Morgan fingerprint density at radius 1 is 1.15 bits per heavy atom. The topological polar surface area (TPSA) is 34.2 Å². The van der Waals surface area contributed by atoms with Gasteiger partial charge in [-0.3, -0.25) is 4.98 Å². The molecular weight excluding hydrogens is 248 g/mol. The SMILES string of the molecule is CCNC(C)c1cccc(-c2cncc(OCC)c2)c1. The standard InChI is InChI=1S/C17H22N2O/c1-4-19-13(3)14-7-6-8-15(9-14)16-10-17(20-5-2)12-18-11-16/h6-13,19H,4-5H2,1-3H3. The molecule has 1 atom stereocenters. The summed E-state index contributed by atoms with van der Waals surface area (Å²) in [5.74, 6) is 0.815. The fraction of sp³-hybridized carbons (Fsp3) is 0.353. The predicted molar refractivity (Wildman–Crippen MR) is 82.9 cm³/mol. The zero-order valence-corrected chi connectivity index (χ0v) is 12.4. The number of aromatic nitrogens is 1. The van der Waals surface area contributed by atoms with E-state index in [4.69, 9.17) is 4.74 Å². The summed E-state index contributed by atoms with van der Waals surface area (Å²) in [5, 5.41) is 3.43. The quantitative estimate of drug-likeness (QED) is 0.866. The summed E-state index contributed by atoms with van der Waals surface area (Å²) in [6.45, 7) is 7.90. The molecule has 1 heterocycles. The van der Waals surface area contributed by atoms with E-state index in [9.17, 15) is 0 Å². The van der Waals surface area contributed by atoms with Crippen molar-refractivity contribution in [2.24, 2.45) is 0 Å². The highest BCUT2D eigenvalue weighted by Gasteiger charge is 2.06. The molecule has 0 aliphatic rings. The molecule has 0 fully saturated rings. The van der Waals surface area contributed by atoms with Crippen LogP contribution in [0.3, 0.4) is 0 Å². The van der Waals surface area contributed by atoms with Crippen LogP contribution in [0.2, 0.25) is 0 Å². The first kappa shape index (κ1) is 14.5. The van der Waals surface area contributed by atoms with Crippen LogP contribution in [0.25, 0.3) is 11.1 Å². The van der Waals surface area contributed by atoms with E-state index in [0.29, 0.717) is 12.6 Å². The minimum atomic E-state index is 0.350. The van der Waals surface area contributed by atoms with E-state index in [-0.39, 0.29) is 0 Å². The van der Waals surface area contributed by atoms with E-state index in [1.807, 2.05) is 19.2 Å². The van der Waals surface area contributed by atoms with E-state index in [0.717, 1.165) is 17.9 Å². The van der Waals surface area contributed by atoms with E-state index in [2.05, 4.69) is 48.4 Å². The second-order valence-electron chi connectivity index (χ2n) is 4.75. The monoisotopic (exact) mass is 270 g/mol. The lowest BCUT2D eigenvalue weighted by atomic mass is 10.0. The van der Waals surface area contributed by atoms with Gasteiger partial charge >= 0.3 is 0 Å². The summed E-state index contributed by atoms with van der Waals surface area (Å²) in [4.78, 5) is 4.25. The molecule has 106 valence electrons. The lowest BCUT2D eigenvalue weighted by molar-refractivity contribution is 0.339. The predicted octanol–water partition coefficient (Wildman–Crippen LogP) is 3.82. The fourth-order valence-corrected chi connectivity index (χ4v) is 2.23. The van der Waals surface area contributed by atoms with Gasteiger partial charge in [0.05, 0.1) is 12.8 Å². The average molecular weight is 270 g/mol. The first-order chi connectivity index (χ1) is 9.74. The van der Waals surface area contributed by atoms with Gasteiger partial charge in [-0.2, -0.15) is 0 Å². The molecule has 0 spiro atoms. The van der Waals surface area contributed by atoms with Gasteiger partial charge in [0.25, 0.3) is 0 Å². The number of hydrogen-bond acceptors (Lipinski definition) is 3. The summed E-state index contributed by atoms with van der Waals surface area (Å²) in [6.07, 6.45) is 3.62. The molecule has 2 rings (SSSR count). The van der Waals surface area contributed by atoms with Crippen molar-refractivity contribution in [3.63, 3.8) is 0 Å². The smallest absolute Gasteiger partial charge is 0.138 e. The number of pyridine rings is 1. The second kappa shape index (κ2) is 7.06. The molecule has 0 saturated heterocycles. The molecule has 0 radical (unpaired) electrons. The van der Waals surface area contributed by atoms with Crippen LogP contribution in [0.4, 0.5) is 0 Å². The summed E-state index contributed by atoms with van der Waals surface area (Å²) in [6, 6.07) is 10.9. The van der Waals surface area contributed by atoms with E-state index >= 15 is 0 Å². The van der Waals surface area contributed by atoms with Crippen molar-refractivity contribution in [1.29, 1.82) is 0 Å². The normalized spacial score (nSPS) is 12.2. The Morgan fingerprint density at radius 2 is 2.00 bits per heavy atom. The Balaban J connectivity index is 2.28. The van der Waals surface area contributed by atoms with Gasteiger partial charge in [-0.05, 0) is 43.7 Å². The average Bonchev–Trinajstić information content (AvgIpc) is 2.48. The van der Waals surface area contributed by atoms with Crippen LogP contribution in [0.5, 0.6) is 5.75 Å². The Kier molecular flexibility index (Phi) is 5.13. The van der Waals surface area contributed by atoms with Crippen molar-refractivity contribution >= 4 is 0 Å². The van der Waals surface area contributed by atoms with Gasteiger partial charge in [0.2, 0.25) is 0 Å². The summed E-state index contributed by atoms with van der Waals surface area (Å²) in [7, 11) is 0. The van der Waals surface area contributed by atoms with Crippen molar-refractivity contribution in [2.45, 2.75) is 26.8 Å². The Hall–Kier alpha value is -1.87. The van der Waals surface area contributed by atoms with E-state index in [1.54, 1.807) is 6.20 Å². The van der Waals surface area contributed by atoms with Crippen LogP contribution in [0, 0.1) is 0 Å². The maximum atomic E-state index is 5.51. The molecule has 1 aromatic carbocycles. The molecule has 1 aromatic heterocycles.